The van der Waals surface area contributed by atoms with Gasteiger partial charge in [0.15, 0.2) is 5.78 Å². The van der Waals surface area contributed by atoms with Crippen LogP contribution in [-0.4, -0.2) is 15.9 Å². The van der Waals surface area contributed by atoms with Crippen molar-refractivity contribution in [3.05, 3.63) is 77.2 Å². The Balaban J connectivity index is 0.000000270. The van der Waals surface area contributed by atoms with Crippen LogP contribution in [0.25, 0.3) is 32.8 Å². The van der Waals surface area contributed by atoms with Crippen LogP contribution in [0.3, 0.4) is 0 Å². The number of hydrogen-bond acceptors (Lipinski definition) is 4. The number of carbonyl (C=O) groups excluding carboxylic acids is 1. The van der Waals surface area contributed by atoms with Gasteiger partial charge in [0.05, 0.1) is 5.75 Å². The van der Waals surface area contributed by atoms with Gasteiger partial charge >= 0.3 is 0 Å². The Morgan fingerprint density at radius 1 is 0.978 bits per heavy atom. The van der Waals surface area contributed by atoms with Crippen molar-refractivity contribution in [3.63, 3.8) is 0 Å². The van der Waals surface area contributed by atoms with Crippen molar-refractivity contribution < 1.29 is 34.7 Å². The van der Waals surface area contributed by atoms with E-state index < -0.39 is 0 Å². The van der Waals surface area contributed by atoms with Gasteiger partial charge in [0.25, 0.3) is 0 Å². The van der Waals surface area contributed by atoms with Crippen LogP contribution in [0.5, 0.6) is 11.5 Å². The minimum atomic E-state index is -0.337. The van der Waals surface area contributed by atoms with Crippen LogP contribution < -0.4 is 4.74 Å². The number of aromatic nitrogens is 1. The summed E-state index contributed by atoms with van der Waals surface area (Å²) in [5.41, 5.74) is 5.07. The fraction of sp³-hybridized carbons (Fsp3) is 0.450. The number of carbonyl (C=O) groups is 1. The molecule has 0 spiro atoms. The third-order valence-corrected chi connectivity index (χ3v) is 10.1. The molecule has 243 valence electrons. The number of rotatable bonds is 9. The molecule has 0 bridgehead atoms. The molecule has 0 atom stereocenters. The van der Waals surface area contributed by atoms with Crippen LogP contribution in [0.4, 0.5) is 0 Å². The molecule has 1 N–H and O–H groups in total. The summed E-state index contributed by atoms with van der Waals surface area (Å²) in [5.74, 6) is 2.71. The first-order chi connectivity index (χ1) is 20.8. The minimum Gasteiger partial charge on any atom is -0.512 e. The van der Waals surface area contributed by atoms with E-state index in [0.717, 1.165) is 71.2 Å². The van der Waals surface area contributed by atoms with Crippen molar-refractivity contribution in [2.45, 2.75) is 101 Å². The molecule has 0 aliphatic carbocycles. The summed E-state index contributed by atoms with van der Waals surface area (Å²) in [6, 6.07) is 16.5. The Bertz CT molecular complexity index is 1710. The van der Waals surface area contributed by atoms with Gasteiger partial charge in [-0.3, -0.25) is 9.78 Å². The third kappa shape index (κ3) is 7.21. The molecule has 0 unspecified atom stereocenters. The molecule has 0 amide bonds. The second kappa shape index (κ2) is 14.6. The molecule has 5 heteroatoms. The second-order valence-electron chi connectivity index (χ2n) is 13.4. The number of ketones is 1. The maximum atomic E-state index is 12.2. The Kier molecular flexibility index (Phi) is 11.8. The number of fused-ring (bicyclic) bond motifs is 3. The van der Waals surface area contributed by atoms with Crippen LogP contribution in [0.1, 0.15) is 97.8 Å². The number of pyridine rings is 1. The minimum absolute atomic E-state index is 0. The van der Waals surface area contributed by atoms with Crippen LogP contribution >= 0.6 is 0 Å². The standard InChI is InChI=1S/C25H22NO.C15H28O2.Ir/c1-14(2)10-17-11-19-8-9-26-24-20-13-18-7-5-6-15(3)22(18)16(4)25(20)27-21(12-17)23(19)24;1-7-14(5,8-2)12(16)11-13(17)15(6,9-3)10-4;/h5-9,11-12,14H,10H2,1-4H3;11,16H,7-10H2,1-6H3;/q-1;;/b;12-11-;. The van der Waals surface area contributed by atoms with Crippen molar-refractivity contribution in [1.82, 2.24) is 4.98 Å². The van der Waals surface area contributed by atoms with Crippen molar-refractivity contribution >= 4 is 27.3 Å². The number of aliphatic hydroxyl groups is 1. The van der Waals surface area contributed by atoms with Gasteiger partial charge in [0, 0.05) is 54.3 Å². The first-order valence-corrected chi connectivity index (χ1v) is 16.3. The molecule has 4 nitrogen and oxygen atoms in total. The van der Waals surface area contributed by atoms with E-state index in [1.807, 2.05) is 47.7 Å². The van der Waals surface area contributed by atoms with Crippen molar-refractivity contribution in [2.24, 2.45) is 16.7 Å². The topological polar surface area (TPSA) is 59.4 Å². The molecule has 0 fully saturated rings. The van der Waals surface area contributed by atoms with Gasteiger partial charge in [-0.05, 0) is 75.0 Å². The van der Waals surface area contributed by atoms with Gasteiger partial charge in [0.1, 0.15) is 11.5 Å². The fourth-order valence-corrected chi connectivity index (χ4v) is 6.05. The number of ether oxygens (including phenoxy) is 1. The predicted molar refractivity (Wildman–Crippen MR) is 185 cm³/mol. The zero-order chi connectivity index (χ0) is 32.4. The van der Waals surface area contributed by atoms with Gasteiger partial charge < -0.3 is 9.84 Å². The third-order valence-electron chi connectivity index (χ3n) is 10.1. The number of aryl methyl sites for hydroxylation is 2. The van der Waals surface area contributed by atoms with Crippen LogP contribution in [0, 0.1) is 36.7 Å². The molecular weight excluding hydrogens is 735 g/mol. The Morgan fingerprint density at radius 2 is 1.62 bits per heavy atom. The van der Waals surface area contributed by atoms with Crippen molar-refractivity contribution in [2.75, 3.05) is 0 Å². The monoisotopic (exact) mass is 785 g/mol. The zero-order valence-corrected chi connectivity index (χ0v) is 31.2. The molecule has 5 rings (SSSR count). The van der Waals surface area contributed by atoms with E-state index in [-0.39, 0.29) is 42.5 Å². The number of allylic oxidation sites excluding steroid dienone is 2. The SMILES string of the molecule is CCC(C)(CC)C(=O)/C=C(\O)C(C)(CC)CC.Cc1cccc2[c-]c3c(c(C)c12)Oc1cc(CC(C)C)cc2ccnc-3c12.[Ir]. The van der Waals surface area contributed by atoms with Crippen LogP contribution in [-0.2, 0) is 31.3 Å². The zero-order valence-electron chi connectivity index (χ0n) is 28.8. The first kappa shape index (κ1) is 36.5. The average Bonchev–Trinajstić information content (AvgIpc) is 3.00. The number of aliphatic hydroxyl groups excluding tert-OH is 1. The van der Waals surface area contributed by atoms with E-state index in [4.69, 9.17) is 9.72 Å². The molecular formula is C40H50IrNO3-. The summed E-state index contributed by atoms with van der Waals surface area (Å²) in [5, 5.41) is 14.8. The van der Waals surface area contributed by atoms with Gasteiger partial charge in [-0.25, -0.2) is 0 Å². The quantitative estimate of drug-likeness (QED) is 0.0919. The molecule has 3 aromatic carbocycles. The maximum Gasteiger partial charge on any atom is 0.164 e. The maximum absolute atomic E-state index is 12.2. The van der Waals surface area contributed by atoms with Crippen molar-refractivity contribution in [3.8, 4) is 22.8 Å². The fourth-order valence-electron chi connectivity index (χ4n) is 6.05. The van der Waals surface area contributed by atoms with E-state index in [9.17, 15) is 9.90 Å². The van der Waals surface area contributed by atoms with Gasteiger partial charge in [-0.2, -0.15) is 0 Å². The van der Waals surface area contributed by atoms with Crippen LogP contribution in [0.2, 0.25) is 0 Å². The predicted octanol–water partition coefficient (Wildman–Crippen LogP) is 11.4. The first-order valence-electron chi connectivity index (χ1n) is 16.3. The molecule has 0 saturated carbocycles. The molecule has 1 radical (unpaired) electrons. The Labute approximate surface area is 284 Å². The second-order valence-corrected chi connectivity index (χ2v) is 13.4. The van der Waals surface area contributed by atoms with Crippen LogP contribution in [0.15, 0.2) is 54.4 Å². The van der Waals surface area contributed by atoms with Gasteiger partial charge in [-0.15, -0.1) is 17.5 Å². The molecule has 45 heavy (non-hydrogen) atoms. The van der Waals surface area contributed by atoms with Gasteiger partial charge in [0.2, 0.25) is 0 Å². The summed E-state index contributed by atoms with van der Waals surface area (Å²) in [6.07, 6.45) is 7.70. The molecule has 1 aliphatic rings. The molecule has 0 saturated heterocycles. The van der Waals surface area contributed by atoms with E-state index in [1.165, 1.54) is 28.0 Å². The summed E-state index contributed by atoms with van der Waals surface area (Å²) in [6.45, 7) is 20.9. The summed E-state index contributed by atoms with van der Waals surface area (Å²) >= 11 is 0. The summed E-state index contributed by atoms with van der Waals surface area (Å²) < 4.78 is 6.49. The van der Waals surface area contributed by atoms with Gasteiger partial charge in [-0.1, -0.05) is 95.7 Å². The summed E-state index contributed by atoms with van der Waals surface area (Å²) in [4.78, 5) is 16.9. The number of benzene rings is 3. The Hall–Kier alpha value is -3.01. The average molecular weight is 785 g/mol. The largest absolute Gasteiger partial charge is 0.512 e. The normalized spacial score (nSPS) is 12.7. The van der Waals surface area contributed by atoms with E-state index >= 15 is 0 Å². The number of hydrogen-bond donors (Lipinski definition) is 1. The van der Waals surface area contributed by atoms with E-state index in [2.05, 4.69) is 70.2 Å². The molecule has 2 heterocycles. The molecule has 1 aromatic heterocycles. The Morgan fingerprint density at radius 3 is 2.22 bits per heavy atom. The van der Waals surface area contributed by atoms with E-state index in [1.54, 1.807) is 0 Å². The number of nitrogens with zero attached hydrogens (tertiary/aromatic N) is 1. The van der Waals surface area contributed by atoms with Crippen molar-refractivity contribution in [1.29, 1.82) is 0 Å². The smallest absolute Gasteiger partial charge is 0.164 e. The summed E-state index contributed by atoms with van der Waals surface area (Å²) in [7, 11) is 0. The van der Waals surface area contributed by atoms with E-state index in [0.29, 0.717) is 5.92 Å². The molecule has 4 aromatic rings. The molecule has 1 aliphatic heterocycles.